The summed E-state index contributed by atoms with van der Waals surface area (Å²) in [4.78, 5) is 35.7. The summed E-state index contributed by atoms with van der Waals surface area (Å²) in [6.07, 6.45) is -0.835. The van der Waals surface area contributed by atoms with Gasteiger partial charge in [-0.1, -0.05) is 36.4 Å². The van der Waals surface area contributed by atoms with Gasteiger partial charge in [0.15, 0.2) is 18.1 Å². The number of esters is 1. The van der Waals surface area contributed by atoms with Gasteiger partial charge in [0, 0.05) is 0 Å². The van der Waals surface area contributed by atoms with E-state index in [-0.39, 0.29) is 13.0 Å². The minimum Gasteiger partial charge on any atom is -0.485 e. The van der Waals surface area contributed by atoms with Crippen molar-refractivity contribution in [1.82, 2.24) is 10.9 Å². The van der Waals surface area contributed by atoms with Gasteiger partial charge in [-0.25, -0.2) is 0 Å². The molecular weight excluding hydrogens is 364 g/mol. The number of hydrogen-bond donors (Lipinski definition) is 2. The van der Waals surface area contributed by atoms with E-state index < -0.39 is 30.5 Å². The zero-order valence-corrected chi connectivity index (χ0v) is 15.3. The van der Waals surface area contributed by atoms with Crippen LogP contribution in [0.2, 0.25) is 0 Å². The molecule has 0 bridgehead atoms. The maximum absolute atomic E-state index is 12.1. The molecule has 1 aliphatic rings. The van der Waals surface area contributed by atoms with Crippen molar-refractivity contribution in [3.8, 4) is 11.5 Å². The number of fused-ring (bicyclic) bond motifs is 1. The van der Waals surface area contributed by atoms with E-state index >= 15 is 0 Å². The van der Waals surface area contributed by atoms with Crippen LogP contribution in [0.4, 0.5) is 0 Å². The third-order valence-electron chi connectivity index (χ3n) is 4.09. The Bertz CT molecular complexity index is 883. The van der Waals surface area contributed by atoms with E-state index in [2.05, 4.69) is 10.9 Å². The van der Waals surface area contributed by atoms with Crippen LogP contribution in [0, 0.1) is 6.92 Å². The highest BCUT2D eigenvalue weighted by atomic mass is 16.6. The van der Waals surface area contributed by atoms with Crippen molar-refractivity contribution in [2.75, 3.05) is 13.2 Å². The molecular formula is C20H20N2O6. The fraction of sp³-hybridized carbons (Fsp3) is 0.250. The van der Waals surface area contributed by atoms with E-state index in [1.165, 1.54) is 0 Å². The van der Waals surface area contributed by atoms with Crippen LogP contribution < -0.4 is 20.3 Å². The topological polar surface area (TPSA) is 103 Å². The quantitative estimate of drug-likeness (QED) is 0.590. The van der Waals surface area contributed by atoms with Crippen LogP contribution in [0.15, 0.2) is 48.5 Å². The van der Waals surface area contributed by atoms with Crippen LogP contribution in [-0.2, 0) is 25.5 Å². The summed E-state index contributed by atoms with van der Waals surface area (Å²) in [5, 5.41) is 0. The summed E-state index contributed by atoms with van der Waals surface area (Å²) in [6.45, 7) is 1.40. The van der Waals surface area contributed by atoms with Crippen LogP contribution >= 0.6 is 0 Å². The van der Waals surface area contributed by atoms with Crippen LogP contribution in [0.1, 0.15) is 11.1 Å². The predicted molar refractivity (Wildman–Crippen MR) is 98.5 cm³/mol. The molecule has 0 fully saturated rings. The Morgan fingerprint density at radius 1 is 1.04 bits per heavy atom. The molecule has 1 atom stereocenters. The lowest BCUT2D eigenvalue weighted by Crippen LogP contribution is -2.51. The molecule has 2 aromatic carbocycles. The van der Waals surface area contributed by atoms with E-state index in [0.717, 1.165) is 11.1 Å². The number of carbonyl (C=O) groups excluding carboxylic acids is 3. The fourth-order valence-electron chi connectivity index (χ4n) is 2.56. The Morgan fingerprint density at radius 3 is 2.54 bits per heavy atom. The molecule has 2 aromatic rings. The highest BCUT2D eigenvalue weighted by Crippen LogP contribution is 2.30. The first-order chi connectivity index (χ1) is 13.5. The van der Waals surface area contributed by atoms with Gasteiger partial charge < -0.3 is 14.2 Å². The molecule has 28 heavy (non-hydrogen) atoms. The van der Waals surface area contributed by atoms with E-state index in [4.69, 9.17) is 14.2 Å². The molecule has 146 valence electrons. The van der Waals surface area contributed by atoms with Crippen molar-refractivity contribution in [1.29, 1.82) is 0 Å². The first-order valence-electron chi connectivity index (χ1n) is 8.70. The lowest BCUT2D eigenvalue weighted by molar-refractivity contribution is -0.148. The Hall–Kier alpha value is -3.55. The number of hydrazine groups is 1. The number of para-hydroxylation sites is 2. The van der Waals surface area contributed by atoms with Crippen LogP contribution in [0.5, 0.6) is 11.5 Å². The monoisotopic (exact) mass is 384 g/mol. The Balaban J connectivity index is 1.39. The molecule has 0 saturated heterocycles. The highest BCUT2D eigenvalue weighted by Gasteiger charge is 2.27. The largest absolute Gasteiger partial charge is 0.485 e. The van der Waals surface area contributed by atoms with Gasteiger partial charge in [0.05, 0.1) is 6.42 Å². The van der Waals surface area contributed by atoms with Crippen molar-refractivity contribution in [2.24, 2.45) is 0 Å². The molecule has 0 saturated carbocycles. The average molecular weight is 384 g/mol. The van der Waals surface area contributed by atoms with E-state index in [0.29, 0.717) is 11.5 Å². The van der Waals surface area contributed by atoms with Gasteiger partial charge in [0.1, 0.15) is 6.61 Å². The van der Waals surface area contributed by atoms with E-state index in [1.54, 1.807) is 24.3 Å². The van der Waals surface area contributed by atoms with Gasteiger partial charge in [0.25, 0.3) is 11.8 Å². The Labute approximate surface area is 161 Å². The van der Waals surface area contributed by atoms with Gasteiger partial charge in [-0.15, -0.1) is 0 Å². The van der Waals surface area contributed by atoms with Gasteiger partial charge in [-0.05, 0) is 30.2 Å². The maximum atomic E-state index is 12.1. The standard InChI is InChI=1S/C20H20N2O6/c1-13-6-2-3-7-14(13)10-19(24)27-12-18(23)21-22-20(25)17-11-26-15-8-4-5-9-16(15)28-17/h2-9,17H,10-12H2,1H3,(H,21,23)(H,22,25)/t17-/m0/s1. The second kappa shape index (κ2) is 8.90. The number of hydrogen-bond acceptors (Lipinski definition) is 6. The minimum absolute atomic E-state index is 0.0180. The zero-order chi connectivity index (χ0) is 19.9. The normalized spacial score (nSPS) is 14.7. The second-order valence-corrected chi connectivity index (χ2v) is 6.17. The molecule has 0 radical (unpaired) electrons. The number of nitrogens with one attached hydrogen (secondary N) is 2. The van der Waals surface area contributed by atoms with Crippen molar-refractivity contribution in [2.45, 2.75) is 19.4 Å². The third kappa shape index (κ3) is 5.00. The molecule has 0 spiro atoms. The summed E-state index contributed by atoms with van der Waals surface area (Å²) < 4.78 is 15.9. The highest BCUT2D eigenvalue weighted by molar-refractivity contribution is 5.86. The first kappa shape index (κ1) is 19.2. The molecule has 0 unspecified atom stereocenters. The van der Waals surface area contributed by atoms with Gasteiger partial charge in [-0.3, -0.25) is 25.2 Å². The summed E-state index contributed by atoms with van der Waals surface area (Å²) >= 11 is 0. The van der Waals surface area contributed by atoms with Crippen LogP contribution in [0.25, 0.3) is 0 Å². The van der Waals surface area contributed by atoms with Crippen molar-refractivity contribution in [3.63, 3.8) is 0 Å². The number of rotatable bonds is 5. The second-order valence-electron chi connectivity index (χ2n) is 6.17. The van der Waals surface area contributed by atoms with Crippen molar-refractivity contribution in [3.05, 3.63) is 59.7 Å². The SMILES string of the molecule is Cc1ccccc1CC(=O)OCC(=O)NNC(=O)[C@@H]1COc2ccccc2O1. The van der Waals surface area contributed by atoms with Crippen LogP contribution in [-0.4, -0.2) is 37.1 Å². The molecule has 0 aliphatic carbocycles. The smallest absolute Gasteiger partial charge is 0.310 e. The third-order valence-corrected chi connectivity index (χ3v) is 4.09. The van der Waals surface area contributed by atoms with Crippen LogP contribution in [0.3, 0.4) is 0 Å². The number of carbonyl (C=O) groups is 3. The van der Waals surface area contributed by atoms with E-state index in [9.17, 15) is 14.4 Å². The van der Waals surface area contributed by atoms with Gasteiger partial charge in [-0.2, -0.15) is 0 Å². The molecule has 0 aromatic heterocycles. The fourth-order valence-corrected chi connectivity index (χ4v) is 2.56. The number of ether oxygens (including phenoxy) is 3. The molecule has 2 N–H and O–H groups in total. The van der Waals surface area contributed by atoms with Crippen molar-refractivity contribution < 1.29 is 28.6 Å². The molecule has 3 rings (SSSR count). The van der Waals surface area contributed by atoms with Gasteiger partial charge in [0.2, 0.25) is 6.10 Å². The summed E-state index contributed by atoms with van der Waals surface area (Å²) in [5.41, 5.74) is 6.21. The van der Waals surface area contributed by atoms with Gasteiger partial charge >= 0.3 is 5.97 Å². The average Bonchev–Trinajstić information content (AvgIpc) is 2.71. The minimum atomic E-state index is -0.904. The number of aryl methyl sites for hydroxylation is 1. The Morgan fingerprint density at radius 2 is 1.75 bits per heavy atom. The van der Waals surface area contributed by atoms with Crippen molar-refractivity contribution >= 4 is 17.8 Å². The molecule has 1 aliphatic heterocycles. The summed E-state index contributed by atoms with van der Waals surface area (Å²) in [7, 11) is 0. The maximum Gasteiger partial charge on any atom is 0.310 e. The molecule has 8 heteroatoms. The Kier molecular flexibility index (Phi) is 6.11. The lowest BCUT2D eigenvalue weighted by Gasteiger charge is -2.25. The molecule has 1 heterocycles. The van der Waals surface area contributed by atoms with E-state index in [1.807, 2.05) is 31.2 Å². The summed E-state index contributed by atoms with van der Waals surface area (Å²) in [5.74, 6) is -0.768. The zero-order valence-electron chi connectivity index (χ0n) is 15.3. The molecule has 8 nitrogen and oxygen atoms in total. The number of amides is 2. The predicted octanol–water partition coefficient (Wildman–Crippen LogP) is 1.07. The number of benzene rings is 2. The molecule has 2 amide bonds. The first-order valence-corrected chi connectivity index (χ1v) is 8.70. The lowest BCUT2D eigenvalue weighted by atomic mass is 10.1. The summed E-state index contributed by atoms with van der Waals surface area (Å²) in [6, 6.07) is 14.4.